The van der Waals surface area contributed by atoms with Gasteiger partial charge in [-0.3, -0.25) is 0 Å². The quantitative estimate of drug-likeness (QED) is 0.0881. The maximum atomic E-state index is 9.09. The summed E-state index contributed by atoms with van der Waals surface area (Å²) in [7, 11) is -0.788. The summed E-state index contributed by atoms with van der Waals surface area (Å²) in [6.45, 7) is 3.72. The molecule has 1 N–H and O–H groups in total. The number of rotatable bonds is 8. The summed E-state index contributed by atoms with van der Waals surface area (Å²) in [5.41, 5.74) is 13.9. The van der Waals surface area contributed by atoms with E-state index < -0.39 is 18.5 Å². The molecule has 336 valence electrons. The third-order valence-electron chi connectivity index (χ3n) is 9.29. The minimum absolute atomic E-state index is 0. The Morgan fingerprint density at radius 3 is 1.08 bits per heavy atom. The molecule has 2 aliphatic rings. The predicted molar refractivity (Wildman–Crippen MR) is 272 cm³/mol. The Morgan fingerprint density at radius 1 is 0.508 bits per heavy atom. The van der Waals surface area contributed by atoms with Crippen LogP contribution in [0.1, 0.15) is 26.0 Å². The van der Waals surface area contributed by atoms with Crippen LogP contribution in [0.25, 0.3) is 22.1 Å². The number of hydrogen-bond donors (Lipinski definition) is 1. The van der Waals surface area contributed by atoms with Crippen molar-refractivity contribution in [2.24, 2.45) is 0 Å². The average molecular weight is 961 g/mol. The van der Waals surface area contributed by atoms with Gasteiger partial charge in [-0.25, -0.2) is 9.97 Å². The number of methoxy groups -OCH3 is 3. The third kappa shape index (κ3) is 17.4. The minimum atomic E-state index is -2.95. The summed E-state index contributed by atoms with van der Waals surface area (Å²) in [5.74, 6) is 0.594. The van der Waals surface area contributed by atoms with Crippen LogP contribution >= 0.6 is 11.6 Å². The van der Waals surface area contributed by atoms with Gasteiger partial charge in [0.25, 0.3) is 0 Å². The Kier molecular flexibility index (Phi) is 28.1. The van der Waals surface area contributed by atoms with Crippen molar-refractivity contribution in [3.63, 3.8) is 0 Å². The first-order valence-electron chi connectivity index (χ1n) is 20.3. The summed E-state index contributed by atoms with van der Waals surface area (Å²) in [6, 6.07) is 49.8. The molecule has 0 aliphatic carbocycles. The molecule has 0 saturated heterocycles. The van der Waals surface area contributed by atoms with E-state index in [-0.39, 0.29) is 14.9 Å². The van der Waals surface area contributed by atoms with Gasteiger partial charge >= 0.3 is 62.1 Å². The molecule has 0 amide bonds. The molecule has 0 atom stereocenters. The predicted octanol–water partition coefficient (Wildman–Crippen LogP) is 9.73. The van der Waals surface area contributed by atoms with E-state index in [2.05, 4.69) is 127 Å². The molecule has 0 saturated carbocycles. The SMILES string of the molecule is C.C.COCCCl.COCCN1c2ccccc2N(CCOC)c2ccccc21.O=S(=O)=S(=O)=O.[Na][Na].c1ccc2c(c1)Cc1ccccc1N2.c1ccc2nc3ccccc3nc2c1. The van der Waals surface area contributed by atoms with Crippen molar-refractivity contribution in [3.8, 4) is 0 Å². The van der Waals surface area contributed by atoms with Crippen LogP contribution in [0.15, 0.2) is 146 Å². The molecule has 9 rings (SSSR count). The molecule has 6 aromatic carbocycles. The van der Waals surface area contributed by atoms with E-state index in [0.29, 0.717) is 25.7 Å². The molecule has 0 bridgehead atoms. The van der Waals surface area contributed by atoms with E-state index in [1.165, 1.54) is 88.9 Å². The van der Waals surface area contributed by atoms with E-state index in [1.54, 1.807) is 21.3 Å². The Hall–Kier alpha value is -3.87. The number of fused-ring (bicyclic) bond motifs is 6. The molecule has 0 radical (unpaired) electrons. The fourth-order valence-corrected chi connectivity index (χ4v) is 6.69. The molecule has 65 heavy (non-hydrogen) atoms. The van der Waals surface area contributed by atoms with E-state index in [1.807, 2.05) is 48.5 Å². The third-order valence-corrected chi connectivity index (χ3v) is 10.3. The Labute approximate surface area is 420 Å². The molecular weight excluding hydrogens is 904 g/mol. The molecule has 12 nitrogen and oxygen atoms in total. The van der Waals surface area contributed by atoms with Crippen LogP contribution in [0.5, 0.6) is 0 Å². The van der Waals surface area contributed by atoms with Gasteiger partial charge in [-0.05, 0) is 71.8 Å². The van der Waals surface area contributed by atoms with Crippen molar-refractivity contribution < 1.29 is 31.0 Å². The van der Waals surface area contributed by atoms with Gasteiger partial charge in [0.05, 0.1) is 64.6 Å². The molecule has 7 aromatic rings. The number of para-hydroxylation sites is 10. The zero-order chi connectivity index (χ0) is 45.4. The molecule has 3 heterocycles. The topological polar surface area (TPSA) is 140 Å². The standard InChI is InChI=1S/C18H22N2O2.C13H11N.C12H8N2.C3H7ClO.2CH4.2Na.O4S2/c1-21-13-11-19-15-7-3-5-9-17(15)20(12-14-22-2)18-10-6-4-8-16(18)19;1-3-7-12-10(5-1)9-11-6-2-4-8-13(11)14-12;1-2-6-10-9(5-1)13-11-7-3-4-8-12(11)14-10;1-5-3-2-4;;;;;1-5(2)6(3)4/h3-10H,11-14H2,1-2H3;1-8,14H,9H2;1-8H;2-3H2,1H3;2*1H4;;;. The summed E-state index contributed by atoms with van der Waals surface area (Å²) < 4.78 is 51.5. The monoisotopic (exact) mass is 959 g/mol. The summed E-state index contributed by atoms with van der Waals surface area (Å²) in [5, 5.41) is 3.44. The van der Waals surface area contributed by atoms with Gasteiger partial charge in [0.2, 0.25) is 0 Å². The van der Waals surface area contributed by atoms with Crippen LogP contribution in [0.3, 0.4) is 0 Å². The van der Waals surface area contributed by atoms with Crippen molar-refractivity contribution >= 4 is 130 Å². The van der Waals surface area contributed by atoms with Gasteiger partial charge in [0, 0.05) is 58.1 Å². The van der Waals surface area contributed by atoms with E-state index in [0.717, 1.165) is 41.6 Å². The normalized spacial score (nSPS) is 10.9. The van der Waals surface area contributed by atoms with Gasteiger partial charge in [0.1, 0.15) is 0 Å². The Morgan fingerprint density at radius 2 is 0.800 bits per heavy atom. The molecule has 2 aliphatic heterocycles. The number of anilines is 6. The maximum absolute atomic E-state index is 9.09. The van der Waals surface area contributed by atoms with Crippen molar-refractivity contribution in [1.82, 2.24) is 9.97 Å². The molecule has 0 fully saturated rings. The molecule has 0 unspecified atom stereocenters. The first-order valence-corrected chi connectivity index (χ1v) is 31.5. The number of aromatic nitrogens is 2. The first-order chi connectivity index (χ1) is 30.8. The number of ether oxygens (including phenoxy) is 3. The van der Waals surface area contributed by atoms with Crippen LogP contribution in [0, 0.1) is 0 Å². The van der Waals surface area contributed by atoms with Crippen LogP contribution in [0.2, 0.25) is 0 Å². The molecule has 0 spiro atoms. The van der Waals surface area contributed by atoms with E-state index in [9.17, 15) is 0 Å². The van der Waals surface area contributed by atoms with Crippen molar-refractivity contribution in [3.05, 3.63) is 157 Å². The number of nitrogens with one attached hydrogen (secondary N) is 1. The maximum Gasteiger partial charge on any atom is 0.0894 e. The van der Waals surface area contributed by atoms with E-state index in [4.69, 9.17) is 37.9 Å². The van der Waals surface area contributed by atoms with Crippen LogP contribution in [0.4, 0.5) is 34.1 Å². The number of hydrogen-bond acceptors (Lipinski definition) is 12. The summed E-state index contributed by atoms with van der Waals surface area (Å²) in [4.78, 5) is 13.7. The van der Waals surface area contributed by atoms with Crippen LogP contribution < -0.4 is 15.1 Å². The summed E-state index contributed by atoms with van der Waals surface area (Å²) >= 11 is 8.07. The van der Waals surface area contributed by atoms with Gasteiger partial charge in [-0.15, -0.1) is 11.6 Å². The smallest absolute Gasteiger partial charge is 0.0894 e. The Balaban J connectivity index is 0.000000298. The largest absolute Gasteiger partial charge is 0.355 e. The molecular formula is C48H56ClN5Na2O7S2. The second-order valence-corrected chi connectivity index (χ2v) is 16.0. The van der Waals surface area contributed by atoms with Crippen LogP contribution in [-0.4, -0.2) is 131 Å². The van der Waals surface area contributed by atoms with Crippen LogP contribution in [-0.2, 0) is 39.2 Å². The zero-order valence-corrected chi connectivity index (χ0v) is 42.5. The average Bonchev–Trinajstić information content (AvgIpc) is 3.33. The first kappa shape index (κ1) is 57.3. The minimum Gasteiger partial charge on any atom is -0.355 e. The van der Waals surface area contributed by atoms with E-state index >= 15 is 0 Å². The van der Waals surface area contributed by atoms with Gasteiger partial charge in [-0.2, -0.15) is 16.8 Å². The number of benzene rings is 6. The van der Waals surface area contributed by atoms with Gasteiger partial charge in [-0.1, -0.05) is 99.8 Å². The van der Waals surface area contributed by atoms with Gasteiger partial charge in [0.15, 0.2) is 0 Å². The van der Waals surface area contributed by atoms with Crippen molar-refractivity contribution in [2.45, 2.75) is 21.3 Å². The number of alkyl halides is 1. The molecule has 17 heteroatoms. The molecule has 1 aromatic heterocycles. The zero-order valence-electron chi connectivity index (χ0n) is 36.1. The summed E-state index contributed by atoms with van der Waals surface area (Å²) in [6.07, 6.45) is 1.04. The second-order valence-electron chi connectivity index (χ2n) is 13.2. The van der Waals surface area contributed by atoms with Gasteiger partial charge < -0.3 is 29.3 Å². The fourth-order valence-electron chi connectivity index (χ4n) is 6.53. The second kappa shape index (κ2) is 31.9. The number of halogens is 1. The van der Waals surface area contributed by atoms with Crippen molar-refractivity contribution in [2.75, 3.05) is 75.2 Å². The van der Waals surface area contributed by atoms with Crippen molar-refractivity contribution in [1.29, 1.82) is 0 Å². The Bertz CT molecular complexity index is 2430. The number of nitrogens with zero attached hydrogens (tertiary/aromatic N) is 4. The fraction of sp³-hybridized carbons (Fsp3) is 0.250.